The third-order valence-corrected chi connectivity index (χ3v) is 5.60. The summed E-state index contributed by atoms with van der Waals surface area (Å²) in [4.78, 5) is 16.8. The van der Waals surface area contributed by atoms with Crippen LogP contribution in [-0.4, -0.2) is 20.7 Å². The summed E-state index contributed by atoms with van der Waals surface area (Å²) in [6, 6.07) is 13.5. The highest BCUT2D eigenvalue weighted by atomic mass is 32.1. The van der Waals surface area contributed by atoms with Crippen molar-refractivity contribution in [2.45, 2.75) is 26.3 Å². The fourth-order valence-electron chi connectivity index (χ4n) is 3.05. The first-order valence-corrected chi connectivity index (χ1v) is 10.0. The molecule has 0 aliphatic carbocycles. The lowest BCUT2D eigenvalue weighted by Gasteiger charge is -2.08. The number of aryl methyl sites for hydroxylation is 1. The number of thiazole rings is 1. The smallest absolute Gasteiger partial charge is 0.282 e. The Morgan fingerprint density at radius 2 is 1.81 bits per heavy atom. The molecule has 0 atom stereocenters. The number of alkyl halides is 4. The summed E-state index contributed by atoms with van der Waals surface area (Å²) in [7, 11) is 0. The third kappa shape index (κ3) is 4.58. The second-order valence-corrected chi connectivity index (χ2v) is 7.90. The zero-order valence-electron chi connectivity index (χ0n) is 16.2. The molecule has 0 radical (unpaired) electrons. The molecule has 0 spiro atoms. The molecule has 4 aromatic rings. The van der Waals surface area contributed by atoms with Crippen molar-refractivity contribution < 1.29 is 22.4 Å². The van der Waals surface area contributed by atoms with Gasteiger partial charge in [-0.2, -0.15) is 5.10 Å². The number of nitrogens with zero attached hydrogens (tertiary/aromatic N) is 3. The Hall–Kier alpha value is -3.27. The van der Waals surface area contributed by atoms with E-state index in [9.17, 15) is 22.4 Å². The number of nitrogens with one attached hydrogen (secondary N) is 1. The molecule has 2 aromatic carbocycles. The minimum atomic E-state index is -3.02. The van der Waals surface area contributed by atoms with Crippen LogP contribution in [0.2, 0.25) is 0 Å². The van der Waals surface area contributed by atoms with Gasteiger partial charge in [-0.3, -0.25) is 9.48 Å². The van der Waals surface area contributed by atoms with E-state index in [2.05, 4.69) is 21.5 Å². The monoisotopic (exact) mass is 448 g/mol. The second-order valence-electron chi connectivity index (χ2n) is 6.87. The van der Waals surface area contributed by atoms with Crippen molar-refractivity contribution in [1.29, 1.82) is 0 Å². The molecule has 0 bridgehead atoms. The van der Waals surface area contributed by atoms with E-state index in [4.69, 9.17) is 0 Å². The van der Waals surface area contributed by atoms with Crippen molar-refractivity contribution in [1.82, 2.24) is 14.8 Å². The number of fused-ring (bicyclic) bond motifs is 1. The number of anilines is 1. The number of halogens is 4. The number of hydrogen-bond acceptors (Lipinski definition) is 4. The predicted molar refractivity (Wildman–Crippen MR) is 111 cm³/mol. The molecule has 1 N–H and O–H groups in total. The molecule has 31 heavy (non-hydrogen) atoms. The van der Waals surface area contributed by atoms with Crippen LogP contribution in [0.15, 0.2) is 48.5 Å². The molecule has 10 heteroatoms. The summed E-state index contributed by atoms with van der Waals surface area (Å²) in [5, 5.41) is 6.80. The standard InChI is InChI=1S/C21H16F4N4OS/c1-11-2-7-14-17(8-11)31-21(27-14)12-3-5-13(6-4-12)26-18(30)10-29-16(20(24)25)9-15(28-29)19(22)23/h2-9,19-20H,10H2,1H3,(H,26,30). The highest BCUT2D eigenvalue weighted by Gasteiger charge is 2.22. The molecule has 0 fully saturated rings. The normalized spacial score (nSPS) is 11.6. The van der Waals surface area contributed by atoms with Crippen LogP contribution in [0, 0.1) is 6.92 Å². The van der Waals surface area contributed by atoms with Gasteiger partial charge in [0.15, 0.2) is 0 Å². The van der Waals surface area contributed by atoms with Gasteiger partial charge in [-0.05, 0) is 55.0 Å². The van der Waals surface area contributed by atoms with Gasteiger partial charge in [0, 0.05) is 11.3 Å². The van der Waals surface area contributed by atoms with Crippen LogP contribution in [0.25, 0.3) is 20.8 Å². The number of rotatable bonds is 6. The topological polar surface area (TPSA) is 59.8 Å². The Morgan fingerprint density at radius 1 is 1.06 bits per heavy atom. The van der Waals surface area contributed by atoms with Crippen LogP contribution in [-0.2, 0) is 11.3 Å². The van der Waals surface area contributed by atoms with Gasteiger partial charge in [-0.15, -0.1) is 11.3 Å². The van der Waals surface area contributed by atoms with Gasteiger partial charge in [0.1, 0.15) is 22.9 Å². The molecule has 1 amide bonds. The number of benzene rings is 2. The third-order valence-electron chi connectivity index (χ3n) is 4.53. The minimum Gasteiger partial charge on any atom is -0.324 e. The number of carbonyl (C=O) groups is 1. The maximum atomic E-state index is 13.0. The average Bonchev–Trinajstić information content (AvgIpc) is 3.32. The van der Waals surface area contributed by atoms with E-state index in [1.54, 1.807) is 35.6 Å². The van der Waals surface area contributed by atoms with Crippen LogP contribution in [0.3, 0.4) is 0 Å². The van der Waals surface area contributed by atoms with Crippen molar-refractivity contribution in [3.8, 4) is 10.6 Å². The molecule has 5 nitrogen and oxygen atoms in total. The van der Waals surface area contributed by atoms with E-state index in [0.717, 1.165) is 26.4 Å². The predicted octanol–water partition coefficient (Wildman–Crippen LogP) is 5.98. The van der Waals surface area contributed by atoms with Crippen molar-refractivity contribution in [3.05, 3.63) is 65.5 Å². The zero-order chi connectivity index (χ0) is 22.1. The van der Waals surface area contributed by atoms with E-state index < -0.39 is 36.7 Å². The van der Waals surface area contributed by atoms with Gasteiger partial charge in [0.05, 0.1) is 10.2 Å². The highest BCUT2D eigenvalue weighted by molar-refractivity contribution is 7.21. The van der Waals surface area contributed by atoms with Gasteiger partial charge >= 0.3 is 0 Å². The van der Waals surface area contributed by atoms with E-state index in [1.807, 2.05) is 19.1 Å². The lowest BCUT2D eigenvalue weighted by molar-refractivity contribution is -0.117. The summed E-state index contributed by atoms with van der Waals surface area (Å²) in [5.74, 6) is -0.658. The number of hydrogen-bond donors (Lipinski definition) is 1. The number of aromatic nitrogens is 3. The average molecular weight is 448 g/mol. The molecule has 0 saturated heterocycles. The minimum absolute atomic E-state index is 0.436. The first-order valence-electron chi connectivity index (χ1n) is 9.21. The highest BCUT2D eigenvalue weighted by Crippen LogP contribution is 2.31. The SMILES string of the molecule is Cc1ccc2nc(-c3ccc(NC(=O)Cn4nc(C(F)F)cc4C(F)F)cc3)sc2c1. The quantitative estimate of drug-likeness (QED) is 0.369. The Balaban J connectivity index is 1.47. The Labute approximate surface area is 178 Å². The molecule has 0 saturated carbocycles. The number of carbonyl (C=O) groups excluding carboxylic acids is 1. The summed E-state index contributed by atoms with van der Waals surface area (Å²) < 4.78 is 53.3. The molecule has 0 aliphatic heterocycles. The van der Waals surface area contributed by atoms with Crippen LogP contribution in [0.1, 0.15) is 29.8 Å². The molecular weight excluding hydrogens is 432 g/mol. The van der Waals surface area contributed by atoms with E-state index >= 15 is 0 Å². The first kappa shape index (κ1) is 21.0. The summed E-state index contributed by atoms with van der Waals surface area (Å²) in [6.07, 6.45) is -6.02. The van der Waals surface area contributed by atoms with Crippen molar-refractivity contribution >= 4 is 33.1 Å². The molecule has 0 unspecified atom stereocenters. The van der Waals surface area contributed by atoms with Crippen LogP contribution >= 0.6 is 11.3 Å². The van der Waals surface area contributed by atoms with Crippen LogP contribution in [0.5, 0.6) is 0 Å². The largest absolute Gasteiger partial charge is 0.324 e. The first-order chi connectivity index (χ1) is 14.8. The maximum absolute atomic E-state index is 13.0. The Kier molecular flexibility index (Phi) is 5.73. The van der Waals surface area contributed by atoms with Crippen molar-refractivity contribution in [3.63, 3.8) is 0 Å². The fraction of sp³-hybridized carbons (Fsp3) is 0.190. The molecule has 2 aromatic heterocycles. The summed E-state index contributed by atoms with van der Waals surface area (Å²) in [6.45, 7) is 1.41. The Bertz CT molecular complexity index is 1230. The van der Waals surface area contributed by atoms with E-state index in [1.165, 1.54) is 0 Å². The summed E-state index contributed by atoms with van der Waals surface area (Å²) >= 11 is 1.55. The molecule has 0 aliphatic rings. The fourth-order valence-corrected chi connectivity index (χ4v) is 4.12. The summed E-state index contributed by atoms with van der Waals surface area (Å²) in [5.41, 5.74) is 1.83. The van der Waals surface area contributed by atoms with Crippen LogP contribution in [0.4, 0.5) is 23.2 Å². The van der Waals surface area contributed by atoms with Crippen molar-refractivity contribution in [2.24, 2.45) is 0 Å². The molecule has 4 rings (SSSR count). The molecule has 2 heterocycles. The second kappa shape index (κ2) is 8.46. The molecular formula is C21H16F4N4OS. The maximum Gasteiger partial charge on any atom is 0.282 e. The van der Waals surface area contributed by atoms with Gasteiger partial charge in [0.25, 0.3) is 12.9 Å². The van der Waals surface area contributed by atoms with Crippen LogP contribution < -0.4 is 5.32 Å². The zero-order valence-corrected chi connectivity index (χ0v) is 17.0. The number of amides is 1. The van der Waals surface area contributed by atoms with E-state index in [-0.39, 0.29) is 0 Å². The lowest BCUT2D eigenvalue weighted by atomic mass is 10.2. The molecule has 160 valence electrons. The van der Waals surface area contributed by atoms with Gasteiger partial charge in [0.2, 0.25) is 5.91 Å². The van der Waals surface area contributed by atoms with Gasteiger partial charge in [-0.25, -0.2) is 22.5 Å². The van der Waals surface area contributed by atoms with Gasteiger partial charge in [-0.1, -0.05) is 6.07 Å². The Morgan fingerprint density at radius 3 is 2.48 bits per heavy atom. The van der Waals surface area contributed by atoms with Crippen molar-refractivity contribution in [2.75, 3.05) is 5.32 Å². The lowest BCUT2D eigenvalue weighted by Crippen LogP contribution is -2.21. The van der Waals surface area contributed by atoms with E-state index in [0.29, 0.717) is 16.4 Å². The van der Waals surface area contributed by atoms with Gasteiger partial charge < -0.3 is 5.32 Å².